The van der Waals surface area contributed by atoms with Crippen molar-refractivity contribution < 1.29 is 9.59 Å². The van der Waals surface area contributed by atoms with Crippen molar-refractivity contribution in [3.05, 3.63) is 89.9 Å². The van der Waals surface area contributed by atoms with Gasteiger partial charge in [0.05, 0.1) is 11.8 Å². The van der Waals surface area contributed by atoms with Crippen molar-refractivity contribution in [1.29, 1.82) is 0 Å². The minimum atomic E-state index is -0.444. The van der Waals surface area contributed by atoms with Gasteiger partial charge < -0.3 is 21.3 Å². The van der Waals surface area contributed by atoms with Crippen molar-refractivity contribution in [2.75, 3.05) is 25.4 Å². The molecule has 1 unspecified atom stereocenters. The number of nitrogen functional groups attached to an aromatic ring is 1. The minimum Gasteiger partial charge on any atom is -0.398 e. The minimum absolute atomic E-state index is 0.0622. The average molecular weight is 469 g/mol. The number of amides is 2. The van der Waals surface area contributed by atoms with E-state index in [0.717, 1.165) is 28.7 Å². The van der Waals surface area contributed by atoms with Gasteiger partial charge in [0.15, 0.2) is 0 Å². The maximum absolute atomic E-state index is 13.5. The summed E-state index contributed by atoms with van der Waals surface area (Å²) in [6, 6.07) is 15.6. The molecule has 1 saturated heterocycles. The van der Waals surface area contributed by atoms with E-state index in [4.69, 9.17) is 11.5 Å². The molecule has 5 rings (SSSR count). The first-order chi connectivity index (χ1) is 16.9. The number of anilines is 1. The fraction of sp³-hybridized carbons (Fsp3) is 0.222. The van der Waals surface area contributed by atoms with Crippen molar-refractivity contribution in [1.82, 2.24) is 19.6 Å². The normalized spacial score (nSPS) is 17.8. The van der Waals surface area contributed by atoms with Crippen LogP contribution in [-0.2, 0) is 11.8 Å². The Morgan fingerprint density at radius 1 is 1.06 bits per heavy atom. The Labute approximate surface area is 204 Å². The van der Waals surface area contributed by atoms with Crippen molar-refractivity contribution in [3.63, 3.8) is 0 Å². The SMILES string of the molecule is Cn1cc(C2=CN(C3CCN(C(=O)c4cc(-c5ccccc5)ccc4N)C3)CC(C(N)=O)=C2)cn1. The molecule has 1 aromatic heterocycles. The predicted octanol–water partition coefficient (Wildman–Crippen LogP) is 2.65. The molecule has 2 aliphatic rings. The van der Waals surface area contributed by atoms with Crippen molar-refractivity contribution in [3.8, 4) is 11.1 Å². The molecule has 2 aromatic carbocycles. The number of carbonyl (C=O) groups is 2. The van der Waals surface area contributed by atoms with Gasteiger partial charge in [0.2, 0.25) is 5.91 Å². The fourth-order valence-electron chi connectivity index (χ4n) is 4.72. The van der Waals surface area contributed by atoms with Crippen LogP contribution in [-0.4, -0.2) is 57.1 Å². The molecule has 3 aromatic rings. The van der Waals surface area contributed by atoms with Crippen LogP contribution in [0.2, 0.25) is 0 Å². The first-order valence-corrected chi connectivity index (χ1v) is 11.6. The summed E-state index contributed by atoms with van der Waals surface area (Å²) in [5, 5.41) is 4.24. The van der Waals surface area contributed by atoms with Gasteiger partial charge in [-0.3, -0.25) is 14.3 Å². The zero-order valence-corrected chi connectivity index (χ0v) is 19.6. The Hall–Kier alpha value is -4.33. The third-order valence-corrected chi connectivity index (χ3v) is 6.65. The van der Waals surface area contributed by atoms with Gasteiger partial charge in [-0.05, 0) is 35.8 Å². The summed E-state index contributed by atoms with van der Waals surface area (Å²) in [7, 11) is 1.85. The van der Waals surface area contributed by atoms with E-state index in [2.05, 4.69) is 10.00 Å². The quantitative estimate of drug-likeness (QED) is 0.560. The topological polar surface area (TPSA) is 110 Å². The number of hydrogen-bond donors (Lipinski definition) is 2. The van der Waals surface area contributed by atoms with Gasteiger partial charge in [-0.2, -0.15) is 5.10 Å². The van der Waals surface area contributed by atoms with Crippen LogP contribution in [0.4, 0.5) is 5.69 Å². The van der Waals surface area contributed by atoms with Crippen molar-refractivity contribution in [2.45, 2.75) is 12.5 Å². The predicted molar refractivity (Wildman–Crippen MR) is 136 cm³/mol. The molecule has 0 bridgehead atoms. The smallest absolute Gasteiger partial charge is 0.256 e. The van der Waals surface area contributed by atoms with Gasteiger partial charge in [0, 0.05) is 67.5 Å². The number of nitrogens with zero attached hydrogens (tertiary/aromatic N) is 4. The molecule has 8 heteroatoms. The lowest BCUT2D eigenvalue weighted by Gasteiger charge is -2.31. The van der Waals surface area contributed by atoms with E-state index in [1.54, 1.807) is 16.9 Å². The molecule has 8 nitrogen and oxygen atoms in total. The summed E-state index contributed by atoms with van der Waals surface area (Å²) in [5.41, 5.74) is 17.1. The third-order valence-electron chi connectivity index (χ3n) is 6.65. The average Bonchev–Trinajstić information content (AvgIpc) is 3.54. The number of primary amides is 1. The Kier molecular flexibility index (Phi) is 5.86. The Balaban J connectivity index is 1.36. The van der Waals surface area contributed by atoms with Gasteiger partial charge in [-0.25, -0.2) is 0 Å². The van der Waals surface area contributed by atoms with E-state index in [1.165, 1.54) is 0 Å². The van der Waals surface area contributed by atoms with E-state index < -0.39 is 5.91 Å². The molecule has 35 heavy (non-hydrogen) atoms. The van der Waals surface area contributed by atoms with Gasteiger partial charge in [0.1, 0.15) is 0 Å². The number of nitrogens with two attached hydrogens (primary N) is 2. The molecule has 0 spiro atoms. The highest BCUT2D eigenvalue weighted by Crippen LogP contribution is 2.29. The lowest BCUT2D eigenvalue weighted by atomic mass is 10.0. The molecule has 1 fully saturated rings. The van der Waals surface area contributed by atoms with Crippen LogP contribution in [0.3, 0.4) is 0 Å². The van der Waals surface area contributed by atoms with Crippen LogP contribution in [0.1, 0.15) is 22.3 Å². The maximum atomic E-state index is 13.5. The molecule has 4 N–H and O–H groups in total. The monoisotopic (exact) mass is 468 g/mol. The van der Waals surface area contributed by atoms with E-state index >= 15 is 0 Å². The highest BCUT2D eigenvalue weighted by molar-refractivity contribution is 6.00. The van der Waals surface area contributed by atoms with E-state index in [1.807, 2.05) is 72.9 Å². The molecule has 0 radical (unpaired) electrons. The first kappa shape index (κ1) is 22.5. The molecule has 0 aliphatic carbocycles. The van der Waals surface area contributed by atoms with E-state index in [-0.39, 0.29) is 11.9 Å². The number of likely N-dealkylation sites (tertiary alicyclic amines) is 1. The van der Waals surface area contributed by atoms with Crippen LogP contribution in [0.15, 0.2) is 78.8 Å². The fourth-order valence-corrected chi connectivity index (χ4v) is 4.72. The largest absolute Gasteiger partial charge is 0.398 e. The number of allylic oxidation sites excluding steroid dienone is 2. The summed E-state index contributed by atoms with van der Waals surface area (Å²) in [4.78, 5) is 29.4. The number of carbonyl (C=O) groups excluding carboxylic acids is 2. The summed E-state index contributed by atoms with van der Waals surface area (Å²) in [6.45, 7) is 1.56. The second kappa shape index (κ2) is 9.13. The highest BCUT2D eigenvalue weighted by atomic mass is 16.2. The second-order valence-electron chi connectivity index (χ2n) is 9.06. The molecule has 1 atom stereocenters. The molecular weight excluding hydrogens is 440 g/mol. The summed E-state index contributed by atoms with van der Waals surface area (Å²) >= 11 is 0. The zero-order valence-electron chi connectivity index (χ0n) is 19.6. The maximum Gasteiger partial charge on any atom is 0.256 e. The molecule has 2 amide bonds. The Bertz CT molecular complexity index is 1340. The first-order valence-electron chi connectivity index (χ1n) is 11.6. The standard InChI is InChI=1S/C27H28N6O2/c1-31-14-22(13-30-31)20-11-21(26(29)34)16-33(15-20)23-9-10-32(17-23)27(35)24-12-19(7-8-25(24)28)18-5-3-2-4-6-18/h2-8,11-15,23H,9-10,16-17,28H2,1H3,(H2,29,34). The molecule has 2 aliphatic heterocycles. The number of aromatic nitrogens is 2. The number of rotatable bonds is 5. The molecule has 0 saturated carbocycles. The lowest BCUT2D eigenvalue weighted by Crippen LogP contribution is -2.39. The van der Waals surface area contributed by atoms with Gasteiger partial charge in [0.25, 0.3) is 5.91 Å². The molecule has 178 valence electrons. The highest BCUT2D eigenvalue weighted by Gasteiger charge is 2.32. The van der Waals surface area contributed by atoms with Crippen molar-refractivity contribution >= 4 is 23.1 Å². The summed E-state index contributed by atoms with van der Waals surface area (Å²) in [5.74, 6) is -0.525. The number of hydrogen-bond acceptors (Lipinski definition) is 5. The second-order valence-corrected chi connectivity index (χ2v) is 9.06. The van der Waals surface area contributed by atoms with Crippen molar-refractivity contribution in [2.24, 2.45) is 12.8 Å². The van der Waals surface area contributed by atoms with E-state index in [9.17, 15) is 9.59 Å². The summed E-state index contributed by atoms with van der Waals surface area (Å²) < 4.78 is 1.72. The van der Waals surface area contributed by atoms with Crippen LogP contribution < -0.4 is 11.5 Å². The van der Waals surface area contributed by atoms with Crippen LogP contribution in [0.5, 0.6) is 0 Å². The number of benzene rings is 2. The van der Waals surface area contributed by atoms with Crippen LogP contribution in [0.25, 0.3) is 16.7 Å². The van der Waals surface area contributed by atoms with Gasteiger partial charge in [-0.15, -0.1) is 0 Å². The third kappa shape index (κ3) is 4.55. The Morgan fingerprint density at radius 2 is 1.86 bits per heavy atom. The van der Waals surface area contributed by atoms with Crippen LogP contribution >= 0.6 is 0 Å². The number of aryl methyl sites for hydroxylation is 1. The van der Waals surface area contributed by atoms with Gasteiger partial charge >= 0.3 is 0 Å². The van der Waals surface area contributed by atoms with E-state index in [0.29, 0.717) is 36.5 Å². The zero-order chi connectivity index (χ0) is 24.5. The molecular formula is C27H28N6O2. The Morgan fingerprint density at radius 3 is 2.57 bits per heavy atom. The lowest BCUT2D eigenvalue weighted by molar-refractivity contribution is -0.114. The van der Waals surface area contributed by atoms with Crippen LogP contribution in [0, 0.1) is 0 Å². The summed E-state index contributed by atoms with van der Waals surface area (Å²) in [6.07, 6.45) is 8.30. The van der Waals surface area contributed by atoms with Gasteiger partial charge in [-0.1, -0.05) is 36.4 Å². The molecule has 3 heterocycles.